The number of hydrogen-bond acceptors (Lipinski definition) is 3. The first kappa shape index (κ1) is 13.8. The second-order valence-electron chi connectivity index (χ2n) is 5.68. The SMILES string of the molecule is C=C(C(=O)OC)C1CCC2(C)C=CC(=O)C(C)=C2C1. The van der Waals surface area contributed by atoms with Crippen LogP contribution in [-0.2, 0) is 14.3 Å². The van der Waals surface area contributed by atoms with Gasteiger partial charge < -0.3 is 4.74 Å². The summed E-state index contributed by atoms with van der Waals surface area (Å²) in [5.74, 6) is -0.175. The lowest BCUT2D eigenvalue weighted by atomic mass is 9.63. The summed E-state index contributed by atoms with van der Waals surface area (Å²) >= 11 is 0. The highest BCUT2D eigenvalue weighted by atomic mass is 16.5. The van der Waals surface area contributed by atoms with Gasteiger partial charge >= 0.3 is 5.97 Å². The molecule has 2 aliphatic carbocycles. The minimum absolute atomic E-state index is 0.0368. The van der Waals surface area contributed by atoms with E-state index in [4.69, 9.17) is 4.74 Å². The van der Waals surface area contributed by atoms with Gasteiger partial charge in [0.2, 0.25) is 0 Å². The third kappa shape index (κ3) is 2.29. The predicted octanol–water partition coefficient (Wildman–Crippen LogP) is 2.98. The third-order valence-electron chi connectivity index (χ3n) is 4.52. The number of carbonyl (C=O) groups excluding carboxylic acids is 2. The van der Waals surface area contributed by atoms with E-state index in [1.807, 2.05) is 13.0 Å². The number of carbonyl (C=O) groups is 2. The van der Waals surface area contributed by atoms with Gasteiger partial charge in [0.05, 0.1) is 7.11 Å². The van der Waals surface area contributed by atoms with Crippen molar-refractivity contribution in [1.82, 2.24) is 0 Å². The number of esters is 1. The fourth-order valence-electron chi connectivity index (χ4n) is 3.10. The van der Waals surface area contributed by atoms with Gasteiger partial charge in [0.15, 0.2) is 5.78 Å². The first-order valence-electron chi connectivity index (χ1n) is 6.60. The van der Waals surface area contributed by atoms with Gasteiger partial charge in [-0.15, -0.1) is 0 Å². The van der Waals surface area contributed by atoms with Crippen molar-refractivity contribution < 1.29 is 14.3 Å². The van der Waals surface area contributed by atoms with Crippen LogP contribution in [0.5, 0.6) is 0 Å². The zero-order chi connectivity index (χ0) is 14.2. The van der Waals surface area contributed by atoms with Gasteiger partial charge in [0.25, 0.3) is 0 Å². The van der Waals surface area contributed by atoms with Crippen LogP contribution < -0.4 is 0 Å². The largest absolute Gasteiger partial charge is 0.466 e. The van der Waals surface area contributed by atoms with Crippen LogP contribution in [-0.4, -0.2) is 18.9 Å². The Morgan fingerprint density at radius 1 is 1.53 bits per heavy atom. The van der Waals surface area contributed by atoms with Crippen LogP contribution in [0.3, 0.4) is 0 Å². The van der Waals surface area contributed by atoms with Crippen molar-refractivity contribution in [1.29, 1.82) is 0 Å². The number of ketones is 1. The topological polar surface area (TPSA) is 43.4 Å². The van der Waals surface area contributed by atoms with Crippen molar-refractivity contribution in [3.8, 4) is 0 Å². The summed E-state index contributed by atoms with van der Waals surface area (Å²) < 4.78 is 4.74. The average molecular weight is 260 g/mol. The molecule has 1 fully saturated rings. The Bertz CT molecular complexity index is 510. The molecule has 0 aromatic heterocycles. The van der Waals surface area contributed by atoms with E-state index in [9.17, 15) is 9.59 Å². The first-order chi connectivity index (χ1) is 8.89. The van der Waals surface area contributed by atoms with E-state index in [1.54, 1.807) is 6.08 Å². The fourth-order valence-corrected chi connectivity index (χ4v) is 3.10. The molecule has 0 saturated heterocycles. The molecular weight excluding hydrogens is 240 g/mol. The summed E-state index contributed by atoms with van der Waals surface area (Å²) in [5, 5.41) is 0. The molecule has 2 aliphatic rings. The van der Waals surface area contributed by atoms with Gasteiger partial charge in [-0.3, -0.25) is 4.79 Å². The maximum Gasteiger partial charge on any atom is 0.333 e. The highest BCUT2D eigenvalue weighted by Gasteiger charge is 2.39. The molecule has 0 amide bonds. The van der Waals surface area contributed by atoms with Crippen LogP contribution >= 0.6 is 0 Å². The molecule has 102 valence electrons. The Morgan fingerprint density at radius 2 is 2.21 bits per heavy atom. The smallest absolute Gasteiger partial charge is 0.333 e. The molecule has 2 rings (SSSR count). The Morgan fingerprint density at radius 3 is 2.84 bits per heavy atom. The fraction of sp³-hybridized carbons (Fsp3) is 0.500. The minimum atomic E-state index is -0.343. The molecule has 0 spiro atoms. The zero-order valence-corrected chi connectivity index (χ0v) is 11.8. The molecule has 0 aliphatic heterocycles. The molecule has 3 nitrogen and oxygen atoms in total. The molecule has 0 N–H and O–H groups in total. The van der Waals surface area contributed by atoms with Crippen LogP contribution in [0, 0.1) is 11.3 Å². The molecule has 2 atom stereocenters. The Kier molecular flexibility index (Phi) is 3.48. The number of methoxy groups -OCH3 is 1. The number of rotatable bonds is 2. The third-order valence-corrected chi connectivity index (χ3v) is 4.52. The van der Waals surface area contributed by atoms with E-state index in [0.29, 0.717) is 5.57 Å². The van der Waals surface area contributed by atoms with Crippen LogP contribution in [0.25, 0.3) is 0 Å². The molecule has 19 heavy (non-hydrogen) atoms. The molecular formula is C16H20O3. The maximum absolute atomic E-state index is 11.8. The summed E-state index contributed by atoms with van der Waals surface area (Å²) in [5.41, 5.74) is 2.46. The summed E-state index contributed by atoms with van der Waals surface area (Å²) in [4.78, 5) is 23.4. The molecule has 3 heteroatoms. The van der Waals surface area contributed by atoms with Crippen molar-refractivity contribution in [2.24, 2.45) is 11.3 Å². The van der Waals surface area contributed by atoms with E-state index in [-0.39, 0.29) is 23.1 Å². The second-order valence-corrected chi connectivity index (χ2v) is 5.68. The number of hydrogen-bond donors (Lipinski definition) is 0. The first-order valence-corrected chi connectivity index (χ1v) is 6.60. The molecule has 1 saturated carbocycles. The molecule has 0 radical (unpaired) electrons. The van der Waals surface area contributed by atoms with Crippen LogP contribution in [0.2, 0.25) is 0 Å². The summed E-state index contributed by atoms with van der Waals surface area (Å²) in [6.45, 7) is 7.89. The van der Waals surface area contributed by atoms with Crippen LogP contribution in [0.4, 0.5) is 0 Å². The Labute approximate surface area is 114 Å². The van der Waals surface area contributed by atoms with Gasteiger partial charge in [0.1, 0.15) is 0 Å². The highest BCUT2D eigenvalue weighted by molar-refractivity contribution is 6.05. The summed E-state index contributed by atoms with van der Waals surface area (Å²) in [7, 11) is 1.37. The summed E-state index contributed by atoms with van der Waals surface area (Å²) in [6, 6.07) is 0. The van der Waals surface area contributed by atoms with E-state index < -0.39 is 0 Å². The number of ether oxygens (including phenoxy) is 1. The quantitative estimate of drug-likeness (QED) is 0.566. The monoisotopic (exact) mass is 260 g/mol. The van der Waals surface area contributed by atoms with E-state index >= 15 is 0 Å². The predicted molar refractivity (Wildman–Crippen MR) is 73.5 cm³/mol. The molecule has 0 aromatic carbocycles. The Balaban J connectivity index is 2.27. The van der Waals surface area contributed by atoms with Gasteiger partial charge in [-0.05, 0) is 43.8 Å². The molecule has 0 aromatic rings. The van der Waals surface area contributed by atoms with E-state index in [2.05, 4.69) is 13.5 Å². The minimum Gasteiger partial charge on any atom is -0.466 e. The average Bonchev–Trinajstić information content (AvgIpc) is 2.41. The highest BCUT2D eigenvalue weighted by Crippen LogP contribution is 2.48. The van der Waals surface area contributed by atoms with Crippen molar-refractivity contribution in [3.63, 3.8) is 0 Å². The Hall–Kier alpha value is -1.64. The van der Waals surface area contributed by atoms with Crippen molar-refractivity contribution >= 4 is 11.8 Å². The van der Waals surface area contributed by atoms with Crippen LogP contribution in [0.15, 0.2) is 35.5 Å². The van der Waals surface area contributed by atoms with Gasteiger partial charge in [-0.1, -0.05) is 25.2 Å². The number of fused-ring (bicyclic) bond motifs is 1. The lowest BCUT2D eigenvalue weighted by Crippen LogP contribution is -2.32. The zero-order valence-electron chi connectivity index (χ0n) is 11.8. The van der Waals surface area contributed by atoms with E-state index in [0.717, 1.165) is 30.4 Å². The lowest BCUT2D eigenvalue weighted by Gasteiger charge is -2.41. The standard InChI is InChI=1S/C16H20O3/c1-10(15(18)19-4)12-5-7-16(3)8-6-14(17)11(2)13(16)9-12/h6,8,12H,1,5,7,9H2,2-4H3. The summed E-state index contributed by atoms with van der Waals surface area (Å²) in [6.07, 6.45) is 6.25. The van der Waals surface area contributed by atoms with Crippen molar-refractivity contribution in [2.45, 2.75) is 33.1 Å². The molecule has 2 unspecified atom stereocenters. The van der Waals surface area contributed by atoms with Crippen molar-refractivity contribution in [2.75, 3.05) is 7.11 Å². The van der Waals surface area contributed by atoms with Crippen LogP contribution in [0.1, 0.15) is 33.1 Å². The number of allylic oxidation sites excluding steroid dienone is 4. The van der Waals surface area contributed by atoms with E-state index in [1.165, 1.54) is 7.11 Å². The van der Waals surface area contributed by atoms with Gasteiger partial charge in [0, 0.05) is 11.0 Å². The lowest BCUT2D eigenvalue weighted by molar-refractivity contribution is -0.136. The normalized spacial score (nSPS) is 30.1. The maximum atomic E-state index is 11.8. The van der Waals surface area contributed by atoms with Gasteiger partial charge in [-0.2, -0.15) is 0 Å². The second kappa shape index (κ2) is 4.80. The molecule has 0 bridgehead atoms. The molecule has 0 heterocycles. The van der Waals surface area contributed by atoms with Gasteiger partial charge in [-0.25, -0.2) is 4.79 Å². The van der Waals surface area contributed by atoms with Crippen molar-refractivity contribution in [3.05, 3.63) is 35.5 Å².